The van der Waals surface area contributed by atoms with Crippen molar-refractivity contribution in [3.8, 4) is 5.75 Å². The summed E-state index contributed by atoms with van der Waals surface area (Å²) in [7, 11) is 1.59. The molecule has 1 aromatic heterocycles. The highest BCUT2D eigenvalue weighted by molar-refractivity contribution is 5.97. The molecule has 8 nitrogen and oxygen atoms in total. The molecule has 1 fully saturated rings. The van der Waals surface area contributed by atoms with Crippen LogP contribution in [-0.4, -0.2) is 46.6 Å². The summed E-state index contributed by atoms with van der Waals surface area (Å²) in [5.74, 6) is 2.00. The van der Waals surface area contributed by atoms with Gasteiger partial charge in [-0.15, -0.1) is 0 Å². The summed E-state index contributed by atoms with van der Waals surface area (Å²) in [4.78, 5) is 31.4. The highest BCUT2D eigenvalue weighted by Crippen LogP contribution is 2.22. The van der Waals surface area contributed by atoms with Gasteiger partial charge in [-0.2, -0.15) is 4.98 Å². The first-order valence-corrected chi connectivity index (χ1v) is 10.0. The first-order valence-electron chi connectivity index (χ1n) is 10.0. The lowest BCUT2D eigenvalue weighted by Gasteiger charge is -2.24. The Morgan fingerprint density at radius 2 is 2.07 bits per heavy atom. The number of aryl methyl sites for hydroxylation is 1. The summed E-state index contributed by atoms with van der Waals surface area (Å²) in [6.07, 6.45) is 3.03. The molecule has 1 aliphatic rings. The number of benzene rings is 1. The number of carbonyl (C=O) groups excluding carboxylic acids is 2. The molecule has 2 heterocycles. The van der Waals surface area contributed by atoms with Crippen molar-refractivity contribution < 1.29 is 18.8 Å². The summed E-state index contributed by atoms with van der Waals surface area (Å²) in [6.45, 7) is 4.61. The highest BCUT2D eigenvalue weighted by Gasteiger charge is 2.33. The van der Waals surface area contributed by atoms with Gasteiger partial charge in [-0.3, -0.25) is 9.59 Å². The van der Waals surface area contributed by atoms with Gasteiger partial charge in [0, 0.05) is 31.0 Å². The Labute approximate surface area is 170 Å². The second kappa shape index (κ2) is 9.54. The van der Waals surface area contributed by atoms with Crippen molar-refractivity contribution in [3.05, 3.63) is 36.0 Å². The van der Waals surface area contributed by atoms with Crippen molar-refractivity contribution in [3.63, 3.8) is 0 Å². The summed E-state index contributed by atoms with van der Waals surface area (Å²) >= 11 is 0. The van der Waals surface area contributed by atoms with Crippen molar-refractivity contribution in [2.24, 2.45) is 0 Å². The van der Waals surface area contributed by atoms with Gasteiger partial charge in [0.15, 0.2) is 5.82 Å². The molecule has 0 radical (unpaired) electrons. The van der Waals surface area contributed by atoms with Crippen molar-refractivity contribution in [2.75, 3.05) is 19.0 Å². The van der Waals surface area contributed by atoms with Crippen LogP contribution in [0, 0.1) is 0 Å². The smallest absolute Gasteiger partial charge is 0.247 e. The lowest BCUT2D eigenvalue weighted by Crippen LogP contribution is -2.43. The van der Waals surface area contributed by atoms with Gasteiger partial charge >= 0.3 is 0 Å². The van der Waals surface area contributed by atoms with Crippen LogP contribution in [0.25, 0.3) is 0 Å². The minimum absolute atomic E-state index is 0.0130. The van der Waals surface area contributed by atoms with Crippen molar-refractivity contribution >= 4 is 17.5 Å². The van der Waals surface area contributed by atoms with Crippen LogP contribution in [0.3, 0.4) is 0 Å². The Hall–Kier alpha value is -2.90. The largest absolute Gasteiger partial charge is 0.497 e. The molecule has 3 rings (SSSR count). The van der Waals surface area contributed by atoms with Crippen LogP contribution in [0.1, 0.15) is 57.2 Å². The lowest BCUT2D eigenvalue weighted by molar-refractivity contribution is -0.136. The molecule has 1 aromatic carbocycles. The number of aromatic nitrogens is 2. The third kappa shape index (κ3) is 5.34. The Bertz CT molecular complexity index is 831. The second-order valence-corrected chi connectivity index (χ2v) is 7.52. The van der Waals surface area contributed by atoms with Gasteiger partial charge < -0.3 is 19.5 Å². The Morgan fingerprint density at radius 3 is 2.72 bits per heavy atom. The second-order valence-electron chi connectivity index (χ2n) is 7.52. The van der Waals surface area contributed by atoms with Crippen LogP contribution in [0.4, 0.5) is 5.69 Å². The van der Waals surface area contributed by atoms with E-state index in [1.165, 1.54) is 0 Å². The van der Waals surface area contributed by atoms with E-state index in [4.69, 9.17) is 9.26 Å². The Balaban J connectivity index is 1.50. The molecule has 2 aromatic rings. The number of nitrogens with zero attached hydrogens (tertiary/aromatic N) is 3. The third-order valence-electron chi connectivity index (χ3n) is 5.01. The van der Waals surface area contributed by atoms with Crippen LogP contribution >= 0.6 is 0 Å². The number of anilines is 1. The summed E-state index contributed by atoms with van der Waals surface area (Å²) in [5, 5.41) is 6.83. The number of methoxy groups -OCH3 is 1. The van der Waals surface area contributed by atoms with Crippen LogP contribution < -0.4 is 10.1 Å². The van der Waals surface area contributed by atoms with Crippen molar-refractivity contribution in [1.29, 1.82) is 0 Å². The number of rotatable bonds is 8. The molecule has 0 bridgehead atoms. The average molecular weight is 400 g/mol. The monoisotopic (exact) mass is 400 g/mol. The molecule has 0 unspecified atom stereocenters. The molecule has 1 atom stereocenters. The minimum Gasteiger partial charge on any atom is -0.497 e. The molecular weight excluding hydrogens is 372 g/mol. The molecule has 156 valence electrons. The van der Waals surface area contributed by atoms with E-state index < -0.39 is 6.04 Å². The van der Waals surface area contributed by atoms with Crippen molar-refractivity contribution in [2.45, 2.75) is 57.9 Å². The topological polar surface area (TPSA) is 97.6 Å². The first kappa shape index (κ1) is 20.8. The van der Waals surface area contributed by atoms with Gasteiger partial charge in [-0.05, 0) is 43.5 Å². The molecule has 0 saturated carbocycles. The maximum absolute atomic E-state index is 12.7. The van der Waals surface area contributed by atoms with Gasteiger partial charge in [0.05, 0.1) is 7.11 Å². The zero-order valence-corrected chi connectivity index (χ0v) is 17.2. The quantitative estimate of drug-likeness (QED) is 0.731. The predicted octanol–water partition coefficient (Wildman–Crippen LogP) is 3.15. The standard InChI is InChI=1S/C21H28N4O4/c1-14(2)20-23-18(29-24-20)7-4-8-19(26)25-13-5-6-17(25)21(27)22-15-9-11-16(28-3)12-10-15/h9-12,14,17H,4-8,13H2,1-3H3,(H,22,27)/t17-/m0/s1. The van der Waals surface area contributed by atoms with Crippen LogP contribution in [0.2, 0.25) is 0 Å². The van der Waals surface area contributed by atoms with E-state index in [1.54, 1.807) is 36.3 Å². The third-order valence-corrected chi connectivity index (χ3v) is 5.01. The Morgan fingerprint density at radius 1 is 1.31 bits per heavy atom. The van der Waals surface area contributed by atoms with E-state index >= 15 is 0 Å². The van der Waals surface area contributed by atoms with Gasteiger partial charge in [0.2, 0.25) is 17.7 Å². The van der Waals surface area contributed by atoms with Gasteiger partial charge in [-0.25, -0.2) is 0 Å². The molecule has 0 aliphatic carbocycles. The van der Waals surface area contributed by atoms with Crippen molar-refractivity contribution in [1.82, 2.24) is 15.0 Å². The average Bonchev–Trinajstić information content (AvgIpc) is 3.38. The van der Waals surface area contributed by atoms with E-state index in [9.17, 15) is 9.59 Å². The predicted molar refractivity (Wildman–Crippen MR) is 108 cm³/mol. The molecule has 2 amide bonds. The molecule has 1 N–H and O–H groups in total. The van der Waals surface area contributed by atoms with Crippen LogP contribution in [-0.2, 0) is 16.0 Å². The fourth-order valence-electron chi connectivity index (χ4n) is 3.38. The molecule has 29 heavy (non-hydrogen) atoms. The molecule has 1 saturated heterocycles. The highest BCUT2D eigenvalue weighted by atomic mass is 16.5. The van der Waals surface area contributed by atoms with Gasteiger partial charge in [0.25, 0.3) is 0 Å². The number of likely N-dealkylation sites (tertiary alicyclic amines) is 1. The fourth-order valence-corrected chi connectivity index (χ4v) is 3.38. The number of amides is 2. The zero-order valence-electron chi connectivity index (χ0n) is 17.2. The van der Waals surface area contributed by atoms with E-state index in [0.29, 0.717) is 49.6 Å². The number of hydrogen-bond donors (Lipinski definition) is 1. The molecule has 0 spiro atoms. The first-order chi connectivity index (χ1) is 14.0. The summed E-state index contributed by atoms with van der Waals surface area (Å²) in [6, 6.07) is 6.71. The summed E-state index contributed by atoms with van der Waals surface area (Å²) in [5.41, 5.74) is 0.687. The van der Waals surface area contributed by atoms with Crippen LogP contribution in [0.5, 0.6) is 5.75 Å². The number of hydrogen-bond acceptors (Lipinski definition) is 6. The van der Waals surface area contributed by atoms with E-state index in [2.05, 4.69) is 15.5 Å². The number of carbonyl (C=O) groups is 2. The normalized spacial score (nSPS) is 16.3. The number of nitrogens with one attached hydrogen (secondary N) is 1. The molecular formula is C21H28N4O4. The van der Waals surface area contributed by atoms with Crippen LogP contribution in [0.15, 0.2) is 28.8 Å². The summed E-state index contributed by atoms with van der Waals surface area (Å²) < 4.78 is 10.3. The maximum atomic E-state index is 12.7. The zero-order chi connectivity index (χ0) is 20.8. The van der Waals surface area contributed by atoms with E-state index in [0.717, 1.165) is 12.2 Å². The van der Waals surface area contributed by atoms with Gasteiger partial charge in [-0.1, -0.05) is 19.0 Å². The number of ether oxygens (including phenoxy) is 1. The lowest BCUT2D eigenvalue weighted by atomic mass is 10.1. The van der Waals surface area contributed by atoms with E-state index in [-0.39, 0.29) is 17.7 Å². The molecule has 1 aliphatic heterocycles. The SMILES string of the molecule is COc1ccc(NC(=O)[C@@H]2CCCN2C(=O)CCCc2nc(C(C)C)no2)cc1. The maximum Gasteiger partial charge on any atom is 0.247 e. The van der Waals surface area contributed by atoms with Gasteiger partial charge in [0.1, 0.15) is 11.8 Å². The molecule has 8 heteroatoms. The minimum atomic E-state index is -0.430. The Kier molecular flexibility index (Phi) is 6.85. The fraction of sp³-hybridized carbons (Fsp3) is 0.524. The van der Waals surface area contributed by atoms with E-state index in [1.807, 2.05) is 13.8 Å².